The number of aryl methyl sites for hydroxylation is 1. The van der Waals surface area contributed by atoms with E-state index in [1.807, 2.05) is 41.9 Å². The maximum atomic E-state index is 13.4. The van der Waals surface area contributed by atoms with Crippen LogP contribution in [0.2, 0.25) is 0 Å². The summed E-state index contributed by atoms with van der Waals surface area (Å²) in [5, 5.41) is 5.76. The van der Waals surface area contributed by atoms with Crippen molar-refractivity contribution in [1.29, 1.82) is 0 Å². The summed E-state index contributed by atoms with van der Waals surface area (Å²) >= 11 is 3.09. The number of sulfonamides is 2. The van der Waals surface area contributed by atoms with Gasteiger partial charge in [0.25, 0.3) is 0 Å². The van der Waals surface area contributed by atoms with Crippen molar-refractivity contribution < 1.29 is 30.4 Å². The second kappa shape index (κ2) is 17.4. The van der Waals surface area contributed by atoms with Crippen molar-refractivity contribution in [2.45, 2.75) is 16.7 Å². The summed E-state index contributed by atoms with van der Waals surface area (Å²) in [6.45, 7) is 5.57. The third-order valence-corrected chi connectivity index (χ3v) is 15.2. The summed E-state index contributed by atoms with van der Waals surface area (Å²) in [5.74, 6) is -0.315. The number of halogens is 2. The van der Waals surface area contributed by atoms with Crippen LogP contribution in [0.3, 0.4) is 0 Å². The standard InChI is InChI=1S/C20H20FN3O3S2.C20H20FN3O2S2/c1-27-17-7-5-15(6-8-17)19-14-28-20(22-19)23-9-11-24(12-10-23)29(25,26)18-4-2-3-16(21)13-18;1-15-5-7-16(8-6-15)19-14-27-20(22-19)23-9-11-24(12-10-23)28(25,26)18-4-2-3-17(21)13-18/h2-8,13-14H,9-12H2,1H3;2-8,13-14H,9-12H2,1H3. The minimum Gasteiger partial charge on any atom is -0.497 e. The van der Waals surface area contributed by atoms with Crippen molar-refractivity contribution in [2.24, 2.45) is 0 Å². The van der Waals surface area contributed by atoms with Gasteiger partial charge in [-0.25, -0.2) is 35.6 Å². The van der Waals surface area contributed by atoms with Crippen LogP contribution >= 0.6 is 22.7 Å². The van der Waals surface area contributed by atoms with Gasteiger partial charge in [0.2, 0.25) is 20.0 Å². The molecule has 2 aromatic heterocycles. The van der Waals surface area contributed by atoms with Gasteiger partial charge in [-0.2, -0.15) is 8.61 Å². The average Bonchev–Trinajstić information content (AvgIpc) is 3.93. The molecule has 0 unspecified atom stereocenters. The highest BCUT2D eigenvalue weighted by Gasteiger charge is 2.31. The molecule has 17 heteroatoms. The number of nitrogens with zero attached hydrogens (tertiary/aromatic N) is 6. The Hall–Kier alpha value is -4.78. The summed E-state index contributed by atoms with van der Waals surface area (Å²) in [5.41, 5.74) is 5.08. The molecule has 2 fully saturated rings. The summed E-state index contributed by atoms with van der Waals surface area (Å²) in [4.78, 5) is 13.6. The maximum Gasteiger partial charge on any atom is 0.243 e. The number of methoxy groups -OCH3 is 1. The first-order valence-electron chi connectivity index (χ1n) is 18.0. The predicted octanol–water partition coefficient (Wildman–Crippen LogP) is 7.24. The molecule has 0 bridgehead atoms. The van der Waals surface area contributed by atoms with Crippen molar-refractivity contribution in [3.05, 3.63) is 125 Å². The van der Waals surface area contributed by atoms with E-state index in [4.69, 9.17) is 14.7 Å². The Morgan fingerprint density at radius 2 is 0.982 bits per heavy atom. The fraction of sp³-hybridized carbons (Fsp3) is 0.250. The highest BCUT2D eigenvalue weighted by Crippen LogP contribution is 2.31. The third kappa shape index (κ3) is 9.35. The van der Waals surface area contributed by atoms with E-state index in [0.717, 1.165) is 50.7 Å². The van der Waals surface area contributed by atoms with Gasteiger partial charge < -0.3 is 14.5 Å². The fourth-order valence-electron chi connectivity index (χ4n) is 6.36. The molecule has 8 rings (SSSR count). The molecule has 0 N–H and O–H groups in total. The molecule has 4 heterocycles. The number of ether oxygens (including phenoxy) is 1. The molecule has 0 aliphatic carbocycles. The number of piperazine rings is 2. The second-order valence-electron chi connectivity index (χ2n) is 13.3. The third-order valence-electron chi connectivity index (χ3n) is 9.60. The fourth-order valence-corrected chi connectivity index (χ4v) is 11.0. The minimum absolute atomic E-state index is 0.00291. The number of thiazole rings is 2. The lowest BCUT2D eigenvalue weighted by Crippen LogP contribution is -2.48. The number of hydrogen-bond donors (Lipinski definition) is 0. The summed E-state index contributed by atoms with van der Waals surface area (Å²) < 4.78 is 85.8. The second-order valence-corrected chi connectivity index (χ2v) is 18.9. The Labute approximate surface area is 339 Å². The zero-order valence-electron chi connectivity index (χ0n) is 31.2. The zero-order chi connectivity index (χ0) is 40.2. The van der Waals surface area contributed by atoms with Crippen molar-refractivity contribution >= 4 is 53.0 Å². The molecule has 0 atom stereocenters. The molecule has 57 heavy (non-hydrogen) atoms. The SMILES string of the molecule is COc1ccc(-c2csc(N3CCN(S(=O)(=O)c4cccc(F)c4)CC3)n2)cc1.Cc1ccc(-c2csc(N3CCN(S(=O)(=O)c4cccc(F)c4)CC3)n2)cc1. The molecule has 2 saturated heterocycles. The normalized spacial score (nSPS) is 15.6. The Morgan fingerprint density at radius 1 is 0.579 bits per heavy atom. The highest BCUT2D eigenvalue weighted by molar-refractivity contribution is 7.89. The molecule has 0 spiro atoms. The van der Waals surface area contributed by atoms with E-state index in [2.05, 4.69) is 34.1 Å². The van der Waals surface area contributed by atoms with Crippen molar-refractivity contribution in [2.75, 3.05) is 69.3 Å². The molecule has 11 nitrogen and oxygen atoms in total. The van der Waals surface area contributed by atoms with Crippen molar-refractivity contribution in [3.63, 3.8) is 0 Å². The van der Waals surface area contributed by atoms with E-state index >= 15 is 0 Å². The van der Waals surface area contributed by atoms with E-state index in [9.17, 15) is 25.6 Å². The quantitative estimate of drug-likeness (QED) is 0.149. The van der Waals surface area contributed by atoms with Gasteiger partial charge in [-0.1, -0.05) is 42.0 Å². The first-order chi connectivity index (χ1) is 27.4. The number of benzene rings is 4. The van der Waals surface area contributed by atoms with Gasteiger partial charge >= 0.3 is 0 Å². The lowest BCUT2D eigenvalue weighted by atomic mass is 10.1. The van der Waals surface area contributed by atoms with E-state index < -0.39 is 31.7 Å². The molecule has 6 aromatic rings. The summed E-state index contributed by atoms with van der Waals surface area (Å²) in [6, 6.07) is 26.2. The van der Waals surface area contributed by atoms with Gasteiger partial charge in [0.15, 0.2) is 10.3 Å². The smallest absolute Gasteiger partial charge is 0.243 e. The van der Waals surface area contributed by atoms with Gasteiger partial charge in [0.05, 0.1) is 28.3 Å². The molecule has 0 saturated carbocycles. The van der Waals surface area contributed by atoms with Crippen LogP contribution in [-0.2, 0) is 20.0 Å². The maximum absolute atomic E-state index is 13.4. The largest absolute Gasteiger partial charge is 0.497 e. The molecule has 0 radical (unpaired) electrons. The van der Waals surface area contributed by atoms with Gasteiger partial charge in [-0.15, -0.1) is 22.7 Å². The van der Waals surface area contributed by atoms with Gasteiger partial charge in [-0.05, 0) is 67.6 Å². The molecular formula is C40H40F2N6O5S4. The van der Waals surface area contributed by atoms with Crippen LogP contribution in [0.4, 0.5) is 19.0 Å². The van der Waals surface area contributed by atoms with E-state index in [0.29, 0.717) is 52.4 Å². The molecule has 0 amide bonds. The number of aromatic nitrogens is 2. The van der Waals surface area contributed by atoms with Gasteiger partial charge in [0.1, 0.15) is 17.4 Å². The van der Waals surface area contributed by atoms with Gasteiger partial charge in [0, 0.05) is 74.2 Å². The lowest BCUT2D eigenvalue weighted by molar-refractivity contribution is 0.384. The molecule has 2 aliphatic heterocycles. The average molecular weight is 851 g/mol. The summed E-state index contributed by atoms with van der Waals surface area (Å²) in [6.07, 6.45) is 0. The van der Waals surface area contributed by atoms with Gasteiger partial charge in [-0.3, -0.25) is 0 Å². The van der Waals surface area contributed by atoms with Crippen LogP contribution in [0, 0.1) is 18.6 Å². The van der Waals surface area contributed by atoms with Crippen molar-refractivity contribution in [3.8, 4) is 28.3 Å². The molecule has 4 aromatic carbocycles. The lowest BCUT2D eigenvalue weighted by Gasteiger charge is -2.33. The van der Waals surface area contributed by atoms with E-state index in [-0.39, 0.29) is 9.79 Å². The van der Waals surface area contributed by atoms with Crippen LogP contribution in [0.1, 0.15) is 5.56 Å². The Bertz CT molecular complexity index is 2520. The molecular weight excluding hydrogens is 811 g/mol. The first kappa shape index (κ1) is 40.4. The Kier molecular flexibility index (Phi) is 12.3. The van der Waals surface area contributed by atoms with E-state index in [1.54, 1.807) is 18.4 Å². The number of hydrogen-bond acceptors (Lipinski definition) is 11. The minimum atomic E-state index is -3.70. The first-order valence-corrected chi connectivity index (χ1v) is 22.7. The molecule has 2 aliphatic rings. The monoisotopic (exact) mass is 850 g/mol. The highest BCUT2D eigenvalue weighted by atomic mass is 32.2. The summed E-state index contributed by atoms with van der Waals surface area (Å²) in [7, 11) is -5.75. The van der Waals surface area contributed by atoms with E-state index in [1.165, 1.54) is 61.9 Å². The predicted molar refractivity (Wildman–Crippen MR) is 221 cm³/mol. The zero-order valence-corrected chi connectivity index (χ0v) is 34.4. The number of anilines is 2. The molecule has 298 valence electrons. The van der Waals surface area contributed by atoms with Crippen LogP contribution in [0.5, 0.6) is 5.75 Å². The van der Waals surface area contributed by atoms with Crippen LogP contribution in [-0.4, -0.2) is 94.9 Å². The van der Waals surface area contributed by atoms with Crippen LogP contribution < -0.4 is 14.5 Å². The Morgan fingerprint density at radius 3 is 1.37 bits per heavy atom. The Balaban J connectivity index is 0.000000174. The van der Waals surface area contributed by atoms with Crippen LogP contribution in [0.15, 0.2) is 118 Å². The topological polar surface area (TPSA) is 116 Å². The number of rotatable bonds is 9. The van der Waals surface area contributed by atoms with Crippen LogP contribution in [0.25, 0.3) is 22.5 Å². The van der Waals surface area contributed by atoms with Crippen molar-refractivity contribution in [1.82, 2.24) is 18.6 Å².